The number of halogens is 1. The van der Waals surface area contributed by atoms with Crippen LogP contribution in [0.25, 0.3) is 6.08 Å². The number of carbonyl (C=O) groups is 2. The first kappa shape index (κ1) is 19.3. The van der Waals surface area contributed by atoms with Gasteiger partial charge in [0, 0.05) is 11.1 Å². The van der Waals surface area contributed by atoms with Crippen LogP contribution in [0.5, 0.6) is 0 Å². The van der Waals surface area contributed by atoms with Crippen LogP contribution < -0.4 is 16.6 Å². The van der Waals surface area contributed by atoms with Crippen LogP contribution >= 0.6 is 0 Å². The summed E-state index contributed by atoms with van der Waals surface area (Å²) >= 11 is 0. The predicted molar refractivity (Wildman–Crippen MR) is 99.3 cm³/mol. The van der Waals surface area contributed by atoms with Crippen molar-refractivity contribution in [3.8, 4) is 0 Å². The van der Waals surface area contributed by atoms with Crippen LogP contribution in [0, 0.1) is 5.82 Å². The summed E-state index contributed by atoms with van der Waals surface area (Å²) in [7, 11) is 0. The summed E-state index contributed by atoms with van der Waals surface area (Å²) in [6.07, 6.45) is 1.24. The molecule has 26 heavy (non-hydrogen) atoms. The number of hydrogen-bond acceptors (Lipinski definition) is 3. The number of hydrazine groups is 1. The van der Waals surface area contributed by atoms with Crippen molar-refractivity contribution in [1.29, 1.82) is 0 Å². The summed E-state index contributed by atoms with van der Waals surface area (Å²) < 4.78 is 13.8. The molecule has 2 aromatic carbocycles. The Bertz CT molecular complexity index is 837. The van der Waals surface area contributed by atoms with Gasteiger partial charge >= 0.3 is 0 Å². The monoisotopic (exact) mass is 355 g/mol. The fraction of sp³-hybridized carbons (Fsp3) is 0.200. The van der Waals surface area contributed by atoms with Crippen LogP contribution in [0.2, 0.25) is 0 Å². The highest BCUT2D eigenvalue weighted by Gasteiger charge is 2.17. The molecule has 136 valence electrons. The van der Waals surface area contributed by atoms with Crippen LogP contribution in [0.4, 0.5) is 4.39 Å². The molecule has 5 nitrogen and oxygen atoms in total. The first-order chi connectivity index (χ1) is 12.2. The Hall–Kier alpha value is -2.99. The van der Waals surface area contributed by atoms with Crippen molar-refractivity contribution in [2.75, 3.05) is 0 Å². The number of nitrogens with one attached hydrogen (secondary N) is 2. The molecule has 0 aliphatic carbocycles. The Morgan fingerprint density at radius 1 is 1.04 bits per heavy atom. The molecule has 0 heterocycles. The zero-order valence-corrected chi connectivity index (χ0v) is 15.0. The standard InChI is InChI=1S/C20H22FN3O2/c1-20(2,3)15-10-8-13(9-11-15)18(25)23-17(19(26)24-22)12-14-6-4-5-7-16(14)21/h4-12H,22H2,1-3H3,(H,23,25)(H,24,26)/b17-12+. The summed E-state index contributed by atoms with van der Waals surface area (Å²) in [5, 5.41) is 2.48. The highest BCUT2D eigenvalue weighted by Crippen LogP contribution is 2.22. The van der Waals surface area contributed by atoms with E-state index in [0.29, 0.717) is 5.56 Å². The van der Waals surface area contributed by atoms with Gasteiger partial charge < -0.3 is 5.32 Å². The minimum atomic E-state index is -0.729. The lowest BCUT2D eigenvalue weighted by molar-refractivity contribution is -0.117. The Labute approximate surface area is 152 Å². The second kappa shape index (κ2) is 7.93. The van der Waals surface area contributed by atoms with Crippen molar-refractivity contribution < 1.29 is 14.0 Å². The molecule has 0 fully saturated rings. The number of hydrogen-bond donors (Lipinski definition) is 3. The SMILES string of the molecule is CC(C)(C)c1ccc(C(=O)N/C(=C/c2ccccc2F)C(=O)NN)cc1. The Morgan fingerprint density at radius 2 is 1.65 bits per heavy atom. The molecule has 0 radical (unpaired) electrons. The van der Waals surface area contributed by atoms with Crippen LogP contribution in [-0.4, -0.2) is 11.8 Å². The molecule has 0 aliphatic heterocycles. The molecule has 0 saturated carbocycles. The molecule has 0 aromatic heterocycles. The summed E-state index contributed by atoms with van der Waals surface area (Å²) in [6.45, 7) is 6.22. The fourth-order valence-electron chi connectivity index (χ4n) is 2.30. The molecule has 0 aliphatic rings. The Morgan fingerprint density at radius 3 is 2.19 bits per heavy atom. The first-order valence-electron chi connectivity index (χ1n) is 8.11. The highest BCUT2D eigenvalue weighted by molar-refractivity contribution is 6.05. The molecular weight excluding hydrogens is 333 g/mol. The van der Waals surface area contributed by atoms with E-state index in [1.165, 1.54) is 24.3 Å². The summed E-state index contributed by atoms with van der Waals surface area (Å²) in [5.74, 6) is 3.43. The van der Waals surface area contributed by atoms with Gasteiger partial charge in [0.15, 0.2) is 0 Å². The second-order valence-electron chi connectivity index (χ2n) is 6.83. The minimum absolute atomic E-state index is 0.0374. The van der Waals surface area contributed by atoms with Crippen molar-refractivity contribution in [3.63, 3.8) is 0 Å². The third-order valence-corrected chi connectivity index (χ3v) is 3.84. The molecule has 2 amide bonds. The van der Waals surface area contributed by atoms with Crippen LogP contribution in [0.1, 0.15) is 42.3 Å². The van der Waals surface area contributed by atoms with E-state index in [1.807, 2.05) is 17.6 Å². The van der Waals surface area contributed by atoms with Gasteiger partial charge in [0.05, 0.1) is 0 Å². The number of benzene rings is 2. The summed E-state index contributed by atoms with van der Waals surface area (Å²) in [5.41, 5.74) is 3.38. The van der Waals surface area contributed by atoms with E-state index in [9.17, 15) is 14.0 Å². The maximum atomic E-state index is 13.8. The Balaban J connectivity index is 2.27. The van der Waals surface area contributed by atoms with Gasteiger partial charge in [-0.15, -0.1) is 0 Å². The minimum Gasteiger partial charge on any atom is -0.317 e. The maximum Gasteiger partial charge on any atom is 0.281 e. The molecular formula is C20H22FN3O2. The lowest BCUT2D eigenvalue weighted by Crippen LogP contribution is -2.38. The smallest absolute Gasteiger partial charge is 0.281 e. The van der Waals surface area contributed by atoms with Gasteiger partial charge in [0.25, 0.3) is 11.8 Å². The topological polar surface area (TPSA) is 84.2 Å². The predicted octanol–water partition coefficient (Wildman–Crippen LogP) is 2.88. The van der Waals surface area contributed by atoms with E-state index in [0.717, 1.165) is 5.56 Å². The van der Waals surface area contributed by atoms with E-state index in [2.05, 4.69) is 26.1 Å². The third-order valence-electron chi connectivity index (χ3n) is 3.84. The number of rotatable bonds is 4. The third kappa shape index (κ3) is 4.77. The highest BCUT2D eigenvalue weighted by atomic mass is 19.1. The zero-order valence-electron chi connectivity index (χ0n) is 15.0. The van der Waals surface area contributed by atoms with E-state index in [4.69, 9.17) is 5.84 Å². The van der Waals surface area contributed by atoms with Crippen molar-refractivity contribution in [3.05, 3.63) is 76.7 Å². The van der Waals surface area contributed by atoms with E-state index in [-0.39, 0.29) is 16.7 Å². The lowest BCUT2D eigenvalue weighted by atomic mass is 9.87. The van der Waals surface area contributed by atoms with Crippen molar-refractivity contribution in [2.24, 2.45) is 5.84 Å². The van der Waals surface area contributed by atoms with Crippen LogP contribution in [-0.2, 0) is 10.2 Å². The molecule has 4 N–H and O–H groups in total. The number of carbonyl (C=O) groups excluding carboxylic acids is 2. The molecule has 0 bridgehead atoms. The first-order valence-corrected chi connectivity index (χ1v) is 8.11. The molecule has 0 saturated heterocycles. The van der Waals surface area contributed by atoms with Crippen molar-refractivity contribution in [1.82, 2.24) is 10.7 Å². The van der Waals surface area contributed by atoms with E-state index >= 15 is 0 Å². The zero-order chi connectivity index (χ0) is 19.3. The number of nitrogens with two attached hydrogens (primary N) is 1. The van der Waals surface area contributed by atoms with E-state index in [1.54, 1.807) is 18.2 Å². The van der Waals surface area contributed by atoms with Crippen LogP contribution in [0.15, 0.2) is 54.2 Å². The quantitative estimate of drug-likeness (QED) is 0.341. The number of amides is 2. The average Bonchev–Trinajstić information content (AvgIpc) is 2.61. The normalized spacial score (nSPS) is 11.8. The molecule has 2 rings (SSSR count). The molecule has 0 unspecified atom stereocenters. The summed E-state index contributed by atoms with van der Waals surface area (Å²) in [6, 6.07) is 13.0. The molecule has 0 atom stereocenters. The van der Waals surface area contributed by atoms with Crippen molar-refractivity contribution >= 4 is 17.9 Å². The molecule has 6 heteroatoms. The van der Waals surface area contributed by atoms with Gasteiger partial charge in [-0.1, -0.05) is 51.1 Å². The van der Waals surface area contributed by atoms with Gasteiger partial charge in [-0.25, -0.2) is 10.2 Å². The maximum absolute atomic E-state index is 13.8. The molecule has 2 aromatic rings. The molecule has 0 spiro atoms. The average molecular weight is 355 g/mol. The fourth-order valence-corrected chi connectivity index (χ4v) is 2.30. The van der Waals surface area contributed by atoms with Gasteiger partial charge in [-0.2, -0.15) is 0 Å². The van der Waals surface area contributed by atoms with Gasteiger partial charge in [0.1, 0.15) is 11.5 Å². The lowest BCUT2D eigenvalue weighted by Gasteiger charge is -2.19. The Kier molecular flexibility index (Phi) is 5.90. The van der Waals surface area contributed by atoms with Gasteiger partial charge in [-0.05, 0) is 35.3 Å². The van der Waals surface area contributed by atoms with E-state index < -0.39 is 17.6 Å². The largest absolute Gasteiger partial charge is 0.317 e. The van der Waals surface area contributed by atoms with Crippen LogP contribution in [0.3, 0.4) is 0 Å². The van der Waals surface area contributed by atoms with Gasteiger partial charge in [-0.3, -0.25) is 15.0 Å². The van der Waals surface area contributed by atoms with Crippen molar-refractivity contribution in [2.45, 2.75) is 26.2 Å². The summed E-state index contributed by atoms with van der Waals surface area (Å²) in [4.78, 5) is 24.4. The van der Waals surface area contributed by atoms with Gasteiger partial charge in [0.2, 0.25) is 0 Å². The second-order valence-corrected chi connectivity index (χ2v) is 6.83.